The summed E-state index contributed by atoms with van der Waals surface area (Å²) in [4.78, 5) is 21.7. The zero-order valence-electron chi connectivity index (χ0n) is 15.5. The number of benzene rings is 1. The summed E-state index contributed by atoms with van der Waals surface area (Å²) in [5.41, 5.74) is 3.30. The van der Waals surface area contributed by atoms with Crippen LogP contribution < -0.4 is 5.32 Å². The summed E-state index contributed by atoms with van der Waals surface area (Å²) in [6.45, 7) is 2.19. The number of aryl methyl sites for hydroxylation is 2. The van der Waals surface area contributed by atoms with Gasteiger partial charge in [-0.15, -0.1) is 0 Å². The first-order valence-corrected chi connectivity index (χ1v) is 9.79. The van der Waals surface area contributed by atoms with Gasteiger partial charge in [-0.1, -0.05) is 29.1 Å². The molecule has 1 aromatic carbocycles. The van der Waals surface area contributed by atoms with Gasteiger partial charge in [-0.05, 0) is 31.2 Å². The molecular weight excluding hydrogens is 374 g/mol. The lowest BCUT2D eigenvalue weighted by Gasteiger charge is -2.09. The van der Waals surface area contributed by atoms with E-state index >= 15 is 0 Å². The van der Waals surface area contributed by atoms with Gasteiger partial charge in [0.1, 0.15) is 16.6 Å². The summed E-state index contributed by atoms with van der Waals surface area (Å²) in [5, 5.41) is 7.58. The number of nitrogens with one attached hydrogen (secondary N) is 1. The van der Waals surface area contributed by atoms with Crippen molar-refractivity contribution in [2.24, 2.45) is 7.05 Å². The Hall–Kier alpha value is -3.13. The molecule has 0 radical (unpaired) electrons. The van der Waals surface area contributed by atoms with Gasteiger partial charge in [0.2, 0.25) is 0 Å². The van der Waals surface area contributed by atoms with E-state index in [1.807, 2.05) is 48.9 Å². The van der Waals surface area contributed by atoms with E-state index in [1.54, 1.807) is 18.3 Å². The van der Waals surface area contributed by atoms with E-state index in [-0.39, 0.29) is 5.91 Å². The van der Waals surface area contributed by atoms with E-state index in [0.29, 0.717) is 22.9 Å². The number of imidazole rings is 1. The summed E-state index contributed by atoms with van der Waals surface area (Å²) in [7, 11) is 1.95. The maximum absolute atomic E-state index is 12.7. The standard InChI is InChI=1S/C20H19N5O2S/c1-13-10-14(24-27-13)12-28-20-15(6-5-9-21-20)19(26)22-11-18-23-16-7-3-4-8-17(16)25(18)2/h3-10H,11-12H2,1-2H3,(H,22,26). The van der Waals surface area contributed by atoms with Crippen molar-refractivity contribution in [3.63, 3.8) is 0 Å². The quantitative estimate of drug-likeness (QED) is 0.505. The largest absolute Gasteiger partial charge is 0.361 e. The normalized spacial score (nSPS) is 11.1. The van der Waals surface area contributed by atoms with Crippen molar-refractivity contribution in [1.29, 1.82) is 0 Å². The molecule has 0 aliphatic carbocycles. The van der Waals surface area contributed by atoms with Gasteiger partial charge in [0.25, 0.3) is 5.91 Å². The van der Waals surface area contributed by atoms with Crippen LogP contribution in [0.25, 0.3) is 11.0 Å². The third-order valence-corrected chi connectivity index (χ3v) is 5.38. The molecule has 0 aliphatic rings. The maximum Gasteiger partial charge on any atom is 0.254 e. The average Bonchev–Trinajstić information content (AvgIpc) is 3.28. The summed E-state index contributed by atoms with van der Waals surface area (Å²) in [5.74, 6) is 1.96. The van der Waals surface area contributed by atoms with Crippen LogP contribution in [-0.2, 0) is 19.3 Å². The fourth-order valence-corrected chi connectivity index (χ4v) is 3.79. The highest BCUT2D eigenvalue weighted by atomic mass is 32.2. The topological polar surface area (TPSA) is 85.8 Å². The van der Waals surface area contributed by atoms with Gasteiger partial charge in [-0.2, -0.15) is 0 Å². The third kappa shape index (κ3) is 3.77. The number of fused-ring (bicyclic) bond motifs is 1. The molecule has 3 aromatic heterocycles. The Bertz CT molecular complexity index is 1130. The SMILES string of the molecule is Cc1cc(CSc2ncccc2C(=O)NCc2nc3ccccc3n2C)no1. The number of para-hydroxylation sites is 2. The molecule has 0 saturated heterocycles. The molecule has 7 nitrogen and oxygen atoms in total. The molecule has 8 heteroatoms. The van der Waals surface area contributed by atoms with Gasteiger partial charge < -0.3 is 14.4 Å². The highest BCUT2D eigenvalue weighted by molar-refractivity contribution is 7.98. The number of hydrogen-bond donors (Lipinski definition) is 1. The Labute approximate surface area is 166 Å². The van der Waals surface area contributed by atoms with Crippen LogP contribution in [0.2, 0.25) is 0 Å². The first-order chi connectivity index (χ1) is 13.6. The molecule has 0 fully saturated rings. The minimum atomic E-state index is -0.181. The van der Waals surface area contributed by atoms with Crippen molar-refractivity contribution in [2.45, 2.75) is 24.2 Å². The molecule has 0 aliphatic heterocycles. The Kier molecular flexibility index (Phi) is 5.12. The predicted molar refractivity (Wildman–Crippen MR) is 107 cm³/mol. The van der Waals surface area contributed by atoms with Crippen molar-refractivity contribution in [2.75, 3.05) is 0 Å². The van der Waals surface area contributed by atoms with E-state index in [2.05, 4.69) is 20.4 Å². The highest BCUT2D eigenvalue weighted by Crippen LogP contribution is 2.24. The zero-order chi connectivity index (χ0) is 19.5. The van der Waals surface area contributed by atoms with Crippen LogP contribution in [0, 0.1) is 6.92 Å². The molecule has 0 atom stereocenters. The first kappa shape index (κ1) is 18.2. The number of pyridine rings is 1. The van der Waals surface area contributed by atoms with E-state index in [1.165, 1.54) is 11.8 Å². The van der Waals surface area contributed by atoms with Crippen LogP contribution in [-0.4, -0.2) is 25.6 Å². The minimum absolute atomic E-state index is 0.181. The Balaban J connectivity index is 1.46. The number of nitrogens with zero attached hydrogens (tertiary/aromatic N) is 4. The molecule has 28 heavy (non-hydrogen) atoms. The second-order valence-electron chi connectivity index (χ2n) is 6.33. The lowest BCUT2D eigenvalue weighted by molar-refractivity contribution is 0.0946. The molecular formula is C20H19N5O2S. The summed E-state index contributed by atoms with van der Waals surface area (Å²) < 4.78 is 7.07. The predicted octanol–water partition coefficient (Wildman–Crippen LogP) is 3.49. The summed E-state index contributed by atoms with van der Waals surface area (Å²) >= 11 is 1.46. The number of hydrogen-bond acceptors (Lipinski definition) is 6. The summed E-state index contributed by atoms with van der Waals surface area (Å²) in [6.07, 6.45) is 1.68. The van der Waals surface area contributed by atoms with Crippen LogP contribution in [0.5, 0.6) is 0 Å². The van der Waals surface area contributed by atoms with Crippen LogP contribution in [0.1, 0.15) is 27.6 Å². The zero-order valence-corrected chi connectivity index (χ0v) is 16.4. The molecule has 1 amide bonds. The Morgan fingerprint density at radius 3 is 2.89 bits per heavy atom. The Morgan fingerprint density at radius 1 is 1.25 bits per heavy atom. The third-order valence-electron chi connectivity index (χ3n) is 4.34. The van der Waals surface area contributed by atoms with E-state index in [4.69, 9.17) is 4.52 Å². The van der Waals surface area contributed by atoms with Gasteiger partial charge in [0.15, 0.2) is 0 Å². The van der Waals surface area contributed by atoms with E-state index in [9.17, 15) is 4.79 Å². The number of carbonyl (C=O) groups excluding carboxylic acids is 1. The van der Waals surface area contributed by atoms with E-state index in [0.717, 1.165) is 28.3 Å². The lowest BCUT2D eigenvalue weighted by Crippen LogP contribution is -2.25. The second kappa shape index (κ2) is 7.85. The summed E-state index contributed by atoms with van der Waals surface area (Å²) in [6, 6.07) is 13.3. The van der Waals surface area contributed by atoms with Crippen molar-refractivity contribution in [3.8, 4) is 0 Å². The number of thioether (sulfide) groups is 1. The molecule has 1 N–H and O–H groups in total. The fourth-order valence-electron chi connectivity index (χ4n) is 2.92. The molecule has 3 heterocycles. The van der Waals surface area contributed by atoms with Gasteiger partial charge in [0.05, 0.1) is 28.8 Å². The molecule has 0 spiro atoms. The van der Waals surface area contributed by atoms with Crippen LogP contribution in [0.15, 0.2) is 58.2 Å². The lowest BCUT2D eigenvalue weighted by atomic mass is 10.2. The van der Waals surface area contributed by atoms with Crippen molar-refractivity contribution in [3.05, 3.63) is 71.5 Å². The number of aromatic nitrogens is 4. The molecule has 4 aromatic rings. The van der Waals surface area contributed by atoms with Gasteiger partial charge in [-0.25, -0.2) is 9.97 Å². The van der Waals surface area contributed by atoms with Crippen LogP contribution in [0.3, 0.4) is 0 Å². The Morgan fingerprint density at radius 2 is 2.11 bits per heavy atom. The second-order valence-corrected chi connectivity index (χ2v) is 7.30. The molecule has 142 valence electrons. The molecule has 0 bridgehead atoms. The van der Waals surface area contributed by atoms with E-state index < -0.39 is 0 Å². The highest BCUT2D eigenvalue weighted by Gasteiger charge is 2.15. The van der Waals surface area contributed by atoms with Crippen molar-refractivity contribution in [1.82, 2.24) is 25.0 Å². The number of rotatable bonds is 6. The molecule has 4 rings (SSSR count). The van der Waals surface area contributed by atoms with Crippen molar-refractivity contribution < 1.29 is 9.32 Å². The maximum atomic E-state index is 12.7. The smallest absolute Gasteiger partial charge is 0.254 e. The number of carbonyl (C=O) groups is 1. The number of amides is 1. The van der Waals surface area contributed by atoms with Crippen LogP contribution >= 0.6 is 11.8 Å². The first-order valence-electron chi connectivity index (χ1n) is 8.80. The monoisotopic (exact) mass is 393 g/mol. The van der Waals surface area contributed by atoms with Crippen molar-refractivity contribution >= 4 is 28.7 Å². The van der Waals surface area contributed by atoms with Gasteiger partial charge >= 0.3 is 0 Å². The van der Waals surface area contributed by atoms with Crippen LogP contribution in [0.4, 0.5) is 0 Å². The average molecular weight is 393 g/mol. The molecule has 0 unspecified atom stereocenters. The van der Waals surface area contributed by atoms with Gasteiger partial charge in [-0.3, -0.25) is 4.79 Å². The van der Waals surface area contributed by atoms with Gasteiger partial charge in [0, 0.05) is 25.1 Å². The molecule has 0 saturated carbocycles. The fraction of sp³-hybridized carbons (Fsp3) is 0.200. The minimum Gasteiger partial charge on any atom is -0.361 e.